The Morgan fingerprint density at radius 2 is 1.97 bits per heavy atom. The molecule has 0 radical (unpaired) electrons. The lowest BCUT2D eigenvalue weighted by molar-refractivity contribution is -0.111. The maximum atomic E-state index is 14.3. The molecule has 1 aromatic heterocycles. The first kappa shape index (κ1) is 21.9. The van der Waals surface area contributed by atoms with Crippen molar-refractivity contribution < 1.29 is 18.7 Å². The lowest BCUT2D eigenvalue weighted by Gasteiger charge is -2.10. The number of nitrogens with zero attached hydrogens (tertiary/aromatic N) is 2. The Balaban J connectivity index is 1.68. The summed E-state index contributed by atoms with van der Waals surface area (Å²) in [6.07, 6.45) is 2.57. The van der Waals surface area contributed by atoms with Crippen LogP contribution in [0.4, 0.5) is 21.7 Å². The Hall–Kier alpha value is -3.78. The summed E-state index contributed by atoms with van der Waals surface area (Å²) in [5.41, 5.74) is 2.38. The van der Waals surface area contributed by atoms with E-state index in [-0.39, 0.29) is 24.0 Å². The van der Waals surface area contributed by atoms with Gasteiger partial charge in [0, 0.05) is 24.9 Å². The Labute approximate surface area is 180 Å². The van der Waals surface area contributed by atoms with Crippen LogP contribution in [-0.2, 0) is 16.0 Å². The largest absolute Gasteiger partial charge is 0.491 e. The first-order valence-corrected chi connectivity index (χ1v) is 9.60. The van der Waals surface area contributed by atoms with E-state index in [0.29, 0.717) is 24.7 Å². The molecule has 7 nitrogen and oxygen atoms in total. The second-order valence-electron chi connectivity index (χ2n) is 6.55. The molecule has 0 atom stereocenters. The number of nitrogens with one attached hydrogen (secondary N) is 2. The first-order chi connectivity index (χ1) is 15.1. The molecule has 0 saturated carbocycles. The summed E-state index contributed by atoms with van der Waals surface area (Å²) in [6.45, 7) is 4.40. The fourth-order valence-corrected chi connectivity index (χ4v) is 2.74. The molecule has 1 amide bonds. The van der Waals surface area contributed by atoms with Crippen LogP contribution in [0.15, 0.2) is 67.4 Å². The van der Waals surface area contributed by atoms with Crippen LogP contribution < -0.4 is 15.4 Å². The molecule has 2 aromatic carbocycles. The maximum absolute atomic E-state index is 14.3. The number of amides is 1. The molecule has 3 rings (SSSR count). The molecule has 0 aliphatic rings. The number of benzene rings is 2. The number of aromatic nitrogens is 2. The lowest BCUT2D eigenvalue weighted by Crippen LogP contribution is -2.08. The van der Waals surface area contributed by atoms with E-state index < -0.39 is 5.82 Å². The van der Waals surface area contributed by atoms with Gasteiger partial charge in [0.05, 0.1) is 18.5 Å². The number of carbonyl (C=O) groups is 1. The molecule has 0 aliphatic heterocycles. The summed E-state index contributed by atoms with van der Waals surface area (Å²) in [7, 11) is 1.62. The summed E-state index contributed by atoms with van der Waals surface area (Å²) in [5.74, 6) is 0.173. The predicted octanol–water partition coefficient (Wildman–Crippen LogP) is 4.10. The second kappa shape index (κ2) is 10.8. The minimum Gasteiger partial charge on any atom is -0.491 e. The highest BCUT2D eigenvalue weighted by molar-refractivity contribution is 5.98. The van der Waals surface area contributed by atoms with E-state index >= 15 is 0 Å². The molecule has 0 bridgehead atoms. The van der Waals surface area contributed by atoms with Crippen LogP contribution in [0.5, 0.6) is 5.75 Å². The van der Waals surface area contributed by atoms with Gasteiger partial charge in [-0.15, -0.1) is 0 Å². The molecule has 0 fully saturated rings. The summed E-state index contributed by atoms with van der Waals surface area (Å²) in [5, 5.41) is 5.74. The van der Waals surface area contributed by atoms with Crippen LogP contribution in [0.3, 0.4) is 0 Å². The highest BCUT2D eigenvalue weighted by atomic mass is 19.1. The third kappa shape index (κ3) is 6.61. The average Bonchev–Trinajstić information content (AvgIpc) is 2.77. The van der Waals surface area contributed by atoms with Crippen molar-refractivity contribution in [1.29, 1.82) is 0 Å². The number of carbonyl (C=O) groups excluding carboxylic acids is 1. The van der Waals surface area contributed by atoms with Gasteiger partial charge in [-0.05, 0) is 48.0 Å². The Kier molecular flexibility index (Phi) is 7.67. The van der Waals surface area contributed by atoms with E-state index in [0.717, 1.165) is 17.4 Å². The van der Waals surface area contributed by atoms with Crippen LogP contribution in [0.2, 0.25) is 0 Å². The third-order valence-corrected chi connectivity index (χ3v) is 4.23. The van der Waals surface area contributed by atoms with Gasteiger partial charge < -0.3 is 20.1 Å². The van der Waals surface area contributed by atoms with Crippen molar-refractivity contribution in [2.75, 3.05) is 31.0 Å². The van der Waals surface area contributed by atoms with E-state index in [2.05, 4.69) is 27.2 Å². The smallest absolute Gasteiger partial charge is 0.247 e. The van der Waals surface area contributed by atoms with Crippen molar-refractivity contribution in [3.05, 3.63) is 84.5 Å². The van der Waals surface area contributed by atoms with Crippen LogP contribution in [-0.4, -0.2) is 36.2 Å². The van der Waals surface area contributed by atoms with E-state index in [1.807, 2.05) is 30.3 Å². The van der Waals surface area contributed by atoms with E-state index in [4.69, 9.17) is 9.47 Å². The van der Waals surface area contributed by atoms with Gasteiger partial charge in [-0.2, -0.15) is 0 Å². The number of rotatable bonds is 10. The molecule has 1 heterocycles. The number of hydrogen-bond donors (Lipinski definition) is 2. The van der Waals surface area contributed by atoms with Crippen molar-refractivity contribution in [2.45, 2.75) is 6.42 Å². The Morgan fingerprint density at radius 1 is 1.16 bits per heavy atom. The van der Waals surface area contributed by atoms with Gasteiger partial charge in [0.2, 0.25) is 11.9 Å². The summed E-state index contributed by atoms with van der Waals surface area (Å²) < 4.78 is 24.8. The zero-order valence-electron chi connectivity index (χ0n) is 17.1. The van der Waals surface area contributed by atoms with Gasteiger partial charge in [0.25, 0.3) is 0 Å². The molecule has 2 N–H and O–H groups in total. The second-order valence-corrected chi connectivity index (χ2v) is 6.55. The summed E-state index contributed by atoms with van der Waals surface area (Å²) in [4.78, 5) is 19.8. The van der Waals surface area contributed by atoms with Crippen molar-refractivity contribution >= 4 is 23.2 Å². The zero-order chi connectivity index (χ0) is 22.1. The van der Waals surface area contributed by atoms with Crippen molar-refractivity contribution in [3.63, 3.8) is 0 Å². The normalized spacial score (nSPS) is 10.4. The number of anilines is 3. The fourth-order valence-electron chi connectivity index (χ4n) is 2.74. The number of methoxy groups -OCH3 is 1. The highest BCUT2D eigenvalue weighted by Gasteiger charge is 2.10. The Morgan fingerprint density at radius 3 is 2.71 bits per heavy atom. The molecule has 160 valence electrons. The van der Waals surface area contributed by atoms with E-state index in [1.54, 1.807) is 25.3 Å². The Bertz CT molecular complexity index is 1040. The van der Waals surface area contributed by atoms with Gasteiger partial charge in [-0.25, -0.2) is 14.4 Å². The highest BCUT2D eigenvalue weighted by Crippen LogP contribution is 2.20. The predicted molar refractivity (Wildman–Crippen MR) is 117 cm³/mol. The quantitative estimate of drug-likeness (QED) is 0.378. The third-order valence-electron chi connectivity index (χ3n) is 4.23. The average molecular weight is 422 g/mol. The van der Waals surface area contributed by atoms with Gasteiger partial charge in [-0.1, -0.05) is 18.7 Å². The fraction of sp³-hybridized carbons (Fsp3) is 0.174. The van der Waals surface area contributed by atoms with E-state index in [9.17, 15) is 9.18 Å². The monoisotopic (exact) mass is 422 g/mol. The first-order valence-electron chi connectivity index (χ1n) is 9.60. The number of ether oxygens (including phenoxy) is 2. The lowest BCUT2D eigenvalue weighted by atomic mass is 10.1. The van der Waals surface area contributed by atoms with Crippen molar-refractivity contribution in [1.82, 2.24) is 9.97 Å². The van der Waals surface area contributed by atoms with Gasteiger partial charge in [0.1, 0.15) is 12.4 Å². The SMILES string of the molecule is C=CC(=O)Nc1cccc(Cc2nc(Nc3ccc(OCCOC)cc3)ncc2F)c1. The van der Waals surface area contributed by atoms with Crippen LogP contribution in [0.1, 0.15) is 11.3 Å². The molecule has 8 heteroatoms. The number of hydrogen-bond acceptors (Lipinski definition) is 6. The standard InChI is InChI=1S/C23H23FN4O3/c1-3-22(29)26-18-6-4-5-16(13-18)14-21-20(24)15-25-23(28-21)27-17-7-9-19(10-8-17)31-12-11-30-2/h3-10,13,15H,1,11-12,14H2,2H3,(H,26,29)(H,25,27,28). The minimum atomic E-state index is -0.507. The van der Waals surface area contributed by atoms with Gasteiger partial charge in [0.15, 0.2) is 5.82 Å². The number of halogens is 1. The summed E-state index contributed by atoms with van der Waals surface area (Å²) in [6, 6.07) is 14.4. The molecular weight excluding hydrogens is 399 g/mol. The van der Waals surface area contributed by atoms with Crippen molar-refractivity contribution in [3.8, 4) is 5.75 Å². The molecule has 3 aromatic rings. The zero-order valence-corrected chi connectivity index (χ0v) is 17.1. The molecule has 0 aliphatic carbocycles. The molecule has 0 spiro atoms. The van der Waals surface area contributed by atoms with Crippen molar-refractivity contribution in [2.24, 2.45) is 0 Å². The molecular formula is C23H23FN4O3. The van der Waals surface area contributed by atoms with Gasteiger partial charge in [-0.3, -0.25) is 4.79 Å². The molecule has 0 unspecified atom stereocenters. The van der Waals surface area contributed by atoms with Gasteiger partial charge >= 0.3 is 0 Å². The van der Waals surface area contributed by atoms with Crippen LogP contribution in [0, 0.1) is 5.82 Å². The topological polar surface area (TPSA) is 85.4 Å². The van der Waals surface area contributed by atoms with Crippen LogP contribution >= 0.6 is 0 Å². The van der Waals surface area contributed by atoms with Crippen LogP contribution in [0.25, 0.3) is 0 Å². The molecule has 31 heavy (non-hydrogen) atoms. The molecule has 0 saturated heterocycles. The minimum absolute atomic E-state index is 0.240. The summed E-state index contributed by atoms with van der Waals surface area (Å²) >= 11 is 0. The maximum Gasteiger partial charge on any atom is 0.247 e. The van der Waals surface area contributed by atoms with E-state index in [1.165, 1.54) is 6.08 Å².